The summed E-state index contributed by atoms with van der Waals surface area (Å²) in [4.78, 5) is 38.3. The van der Waals surface area contributed by atoms with Gasteiger partial charge in [-0.2, -0.15) is 0 Å². The molecular weight excluding hydrogens is 302 g/mol. The number of nitrogens with one attached hydrogen (secondary N) is 1. The molecule has 3 heterocycles. The molecule has 8 heteroatoms. The Kier molecular flexibility index (Phi) is 3.10. The summed E-state index contributed by atoms with van der Waals surface area (Å²) in [5.74, 6) is 1.06. The normalized spacial score (nSPS) is 19.8. The van der Waals surface area contributed by atoms with Crippen LogP contribution in [0.5, 0.6) is 11.5 Å². The summed E-state index contributed by atoms with van der Waals surface area (Å²) in [6.45, 7) is 1.03. The topological polar surface area (TPSA) is 88.2 Å². The monoisotopic (exact) mass is 317 g/mol. The van der Waals surface area contributed by atoms with E-state index in [2.05, 4.69) is 5.32 Å². The van der Waals surface area contributed by atoms with Crippen LogP contribution in [0.4, 0.5) is 4.79 Å². The van der Waals surface area contributed by atoms with E-state index in [4.69, 9.17) is 9.47 Å². The molecule has 4 amide bonds. The van der Waals surface area contributed by atoms with Gasteiger partial charge < -0.3 is 19.7 Å². The highest BCUT2D eigenvalue weighted by atomic mass is 16.7. The third-order valence-corrected chi connectivity index (χ3v) is 4.25. The molecule has 0 aliphatic carbocycles. The maximum absolute atomic E-state index is 12.3. The zero-order valence-corrected chi connectivity index (χ0v) is 12.3. The van der Waals surface area contributed by atoms with Crippen LogP contribution in [0.1, 0.15) is 5.56 Å². The van der Waals surface area contributed by atoms with Gasteiger partial charge in [-0.1, -0.05) is 6.07 Å². The van der Waals surface area contributed by atoms with Crippen molar-refractivity contribution in [2.75, 3.05) is 26.4 Å². The highest BCUT2D eigenvalue weighted by molar-refractivity contribution is 6.02. The Bertz CT molecular complexity index is 682. The number of benzene rings is 1. The molecule has 120 valence electrons. The Labute approximate surface area is 131 Å². The van der Waals surface area contributed by atoms with E-state index < -0.39 is 0 Å². The van der Waals surface area contributed by atoms with Crippen molar-refractivity contribution in [3.63, 3.8) is 0 Å². The standard InChI is InChI=1S/C15H15N3O5/c19-13(4-9-1-2-11-12(3-9)23-8-22-11)17-6-10(7-17)18-14(20)5-16-15(18)21/h1-3,10H,4-8H2,(H,16,21). The summed E-state index contributed by atoms with van der Waals surface area (Å²) < 4.78 is 10.5. The average Bonchev–Trinajstić information content (AvgIpc) is 3.06. The summed E-state index contributed by atoms with van der Waals surface area (Å²) in [5, 5.41) is 2.48. The molecule has 2 saturated heterocycles. The first-order valence-electron chi connectivity index (χ1n) is 7.38. The number of fused-ring (bicyclic) bond motifs is 1. The molecule has 8 nitrogen and oxygen atoms in total. The molecule has 1 aromatic rings. The fourth-order valence-corrected chi connectivity index (χ4v) is 2.96. The molecule has 23 heavy (non-hydrogen) atoms. The molecule has 4 rings (SSSR count). The second-order valence-electron chi connectivity index (χ2n) is 5.74. The third-order valence-electron chi connectivity index (χ3n) is 4.25. The summed E-state index contributed by atoms with van der Waals surface area (Å²) in [5.41, 5.74) is 0.845. The highest BCUT2D eigenvalue weighted by Gasteiger charge is 2.42. The van der Waals surface area contributed by atoms with Gasteiger partial charge in [-0.15, -0.1) is 0 Å². The van der Waals surface area contributed by atoms with Gasteiger partial charge in [0.25, 0.3) is 0 Å². The fourth-order valence-electron chi connectivity index (χ4n) is 2.96. The minimum atomic E-state index is -0.372. The summed E-state index contributed by atoms with van der Waals surface area (Å²) >= 11 is 0. The highest BCUT2D eigenvalue weighted by Crippen LogP contribution is 2.32. The lowest BCUT2D eigenvalue weighted by Gasteiger charge is -2.42. The number of carbonyl (C=O) groups excluding carboxylic acids is 3. The lowest BCUT2D eigenvalue weighted by atomic mass is 10.0. The number of ether oxygens (including phenoxy) is 2. The summed E-state index contributed by atoms with van der Waals surface area (Å²) in [6.07, 6.45) is 0.253. The number of amides is 4. The van der Waals surface area contributed by atoms with E-state index in [9.17, 15) is 14.4 Å². The van der Waals surface area contributed by atoms with Crippen molar-refractivity contribution in [3.8, 4) is 11.5 Å². The molecule has 0 spiro atoms. The molecule has 0 bridgehead atoms. The smallest absolute Gasteiger partial charge is 0.324 e. The van der Waals surface area contributed by atoms with Gasteiger partial charge in [0.05, 0.1) is 19.0 Å². The second kappa shape index (κ2) is 5.15. The van der Waals surface area contributed by atoms with Crippen molar-refractivity contribution in [3.05, 3.63) is 23.8 Å². The van der Waals surface area contributed by atoms with Crippen LogP contribution < -0.4 is 14.8 Å². The van der Waals surface area contributed by atoms with E-state index >= 15 is 0 Å². The van der Waals surface area contributed by atoms with Gasteiger partial charge >= 0.3 is 6.03 Å². The van der Waals surface area contributed by atoms with Gasteiger partial charge in [-0.05, 0) is 17.7 Å². The minimum Gasteiger partial charge on any atom is -0.454 e. The Balaban J connectivity index is 1.35. The molecule has 0 aromatic heterocycles. The largest absolute Gasteiger partial charge is 0.454 e. The lowest BCUT2D eigenvalue weighted by molar-refractivity contribution is -0.141. The van der Waals surface area contributed by atoms with Gasteiger partial charge in [0.1, 0.15) is 0 Å². The van der Waals surface area contributed by atoms with Gasteiger partial charge in [0, 0.05) is 13.1 Å². The van der Waals surface area contributed by atoms with E-state index in [1.807, 2.05) is 6.07 Å². The average molecular weight is 317 g/mol. The van der Waals surface area contributed by atoms with E-state index in [0.29, 0.717) is 24.6 Å². The van der Waals surface area contributed by atoms with Crippen LogP contribution in [0.15, 0.2) is 18.2 Å². The SMILES string of the molecule is O=C(Cc1ccc2c(c1)OCO2)N1CC(N2C(=O)CNC2=O)C1. The number of urea groups is 1. The number of nitrogens with zero attached hydrogens (tertiary/aromatic N) is 2. The van der Waals surface area contributed by atoms with Crippen LogP contribution in [-0.2, 0) is 16.0 Å². The van der Waals surface area contributed by atoms with Crippen LogP contribution >= 0.6 is 0 Å². The quantitative estimate of drug-likeness (QED) is 0.775. The second-order valence-corrected chi connectivity index (χ2v) is 5.74. The minimum absolute atomic E-state index is 0.0350. The van der Waals surface area contributed by atoms with Gasteiger partial charge in [-0.3, -0.25) is 14.5 Å². The molecule has 0 saturated carbocycles. The zero-order valence-electron chi connectivity index (χ0n) is 12.3. The Morgan fingerprint density at radius 2 is 2.00 bits per heavy atom. The molecule has 1 aromatic carbocycles. The predicted molar refractivity (Wildman–Crippen MR) is 76.9 cm³/mol. The molecule has 2 fully saturated rings. The predicted octanol–water partition coefficient (Wildman–Crippen LogP) is -0.280. The Morgan fingerprint density at radius 3 is 2.74 bits per heavy atom. The van der Waals surface area contributed by atoms with Crippen molar-refractivity contribution in [2.45, 2.75) is 12.5 Å². The third kappa shape index (κ3) is 2.36. The number of rotatable bonds is 3. The van der Waals surface area contributed by atoms with Crippen LogP contribution in [0.25, 0.3) is 0 Å². The van der Waals surface area contributed by atoms with Crippen molar-refractivity contribution < 1.29 is 23.9 Å². The number of hydrogen-bond acceptors (Lipinski definition) is 5. The van der Waals surface area contributed by atoms with E-state index in [1.54, 1.807) is 17.0 Å². The number of hydrogen-bond donors (Lipinski definition) is 1. The fraction of sp³-hybridized carbons (Fsp3) is 0.400. The first kappa shape index (κ1) is 13.9. The van der Waals surface area contributed by atoms with Crippen molar-refractivity contribution in [1.29, 1.82) is 0 Å². The van der Waals surface area contributed by atoms with Crippen LogP contribution in [0, 0.1) is 0 Å². The van der Waals surface area contributed by atoms with Crippen molar-refractivity contribution in [1.82, 2.24) is 15.1 Å². The zero-order chi connectivity index (χ0) is 16.0. The molecular formula is C15H15N3O5. The van der Waals surface area contributed by atoms with Crippen LogP contribution in [-0.4, -0.2) is 60.1 Å². The van der Waals surface area contributed by atoms with E-state index in [0.717, 1.165) is 5.56 Å². The number of likely N-dealkylation sites (tertiary alicyclic amines) is 1. The first-order chi connectivity index (χ1) is 11.1. The molecule has 1 N–H and O–H groups in total. The maximum atomic E-state index is 12.3. The first-order valence-corrected chi connectivity index (χ1v) is 7.38. The Morgan fingerprint density at radius 1 is 1.22 bits per heavy atom. The molecule has 0 unspecified atom stereocenters. The van der Waals surface area contributed by atoms with Crippen molar-refractivity contribution in [2.24, 2.45) is 0 Å². The Hall–Kier alpha value is -2.77. The number of carbonyl (C=O) groups is 3. The van der Waals surface area contributed by atoms with Gasteiger partial charge in [0.2, 0.25) is 18.6 Å². The molecule has 0 atom stereocenters. The maximum Gasteiger partial charge on any atom is 0.324 e. The molecule has 0 radical (unpaired) electrons. The van der Waals surface area contributed by atoms with Gasteiger partial charge in [-0.25, -0.2) is 4.79 Å². The van der Waals surface area contributed by atoms with Crippen molar-refractivity contribution >= 4 is 17.8 Å². The molecule has 3 aliphatic heterocycles. The van der Waals surface area contributed by atoms with Crippen LogP contribution in [0.2, 0.25) is 0 Å². The molecule has 3 aliphatic rings. The van der Waals surface area contributed by atoms with Gasteiger partial charge in [0.15, 0.2) is 11.5 Å². The summed E-state index contributed by atoms with van der Waals surface area (Å²) in [7, 11) is 0. The summed E-state index contributed by atoms with van der Waals surface area (Å²) in [6, 6.07) is 4.83. The van der Waals surface area contributed by atoms with E-state index in [1.165, 1.54) is 4.90 Å². The van der Waals surface area contributed by atoms with Crippen LogP contribution in [0.3, 0.4) is 0 Å². The number of imide groups is 1. The van der Waals surface area contributed by atoms with E-state index in [-0.39, 0.29) is 43.6 Å². The lowest BCUT2D eigenvalue weighted by Crippen LogP contribution is -2.62.